The molecule has 1 aliphatic rings. The molecule has 0 aliphatic carbocycles. The van der Waals surface area contributed by atoms with Crippen LogP contribution in [0.4, 0.5) is 0 Å². The van der Waals surface area contributed by atoms with Gasteiger partial charge in [0, 0.05) is 5.56 Å². The van der Waals surface area contributed by atoms with Crippen LogP contribution >= 0.6 is 12.2 Å². The lowest BCUT2D eigenvalue weighted by Crippen LogP contribution is -2.46. The molecule has 7 heteroatoms. The van der Waals surface area contributed by atoms with E-state index in [4.69, 9.17) is 28.1 Å². The molecule has 1 heterocycles. The van der Waals surface area contributed by atoms with E-state index in [0.717, 1.165) is 19.3 Å². The number of nitrogens with one attached hydrogen (secondary N) is 2. The summed E-state index contributed by atoms with van der Waals surface area (Å²) in [5.74, 6) is -0.611. The Labute approximate surface area is 151 Å². The van der Waals surface area contributed by atoms with E-state index in [-0.39, 0.29) is 16.1 Å². The molecule has 1 aliphatic heterocycles. The van der Waals surface area contributed by atoms with E-state index >= 15 is 0 Å². The van der Waals surface area contributed by atoms with E-state index in [1.807, 2.05) is 6.07 Å². The summed E-state index contributed by atoms with van der Waals surface area (Å²) in [7, 11) is 0. The molecule has 0 unspecified atom stereocenters. The minimum absolute atomic E-state index is 0.00789. The molecular formula is C18H21N3O3S. The number of ether oxygens (including phenoxy) is 1. The molecule has 132 valence electrons. The Kier molecular flexibility index (Phi) is 6.41. The number of hydrogen-bond acceptors (Lipinski definition) is 5. The molecule has 1 aromatic carbocycles. The number of primary amides is 1. The fourth-order valence-corrected chi connectivity index (χ4v) is 2.71. The molecule has 0 spiro atoms. The first-order valence-corrected chi connectivity index (χ1v) is 8.46. The number of benzene rings is 1. The zero-order valence-corrected chi connectivity index (χ0v) is 14.7. The van der Waals surface area contributed by atoms with Crippen LogP contribution in [0.15, 0.2) is 36.4 Å². The second-order valence-electron chi connectivity index (χ2n) is 5.83. The third kappa shape index (κ3) is 4.96. The summed E-state index contributed by atoms with van der Waals surface area (Å²) < 4.78 is 5.69. The Morgan fingerprint density at radius 1 is 1.36 bits per heavy atom. The molecular weight excluding hydrogens is 338 g/mol. The fourth-order valence-electron chi connectivity index (χ4n) is 2.53. The average Bonchev–Trinajstić information content (AvgIpc) is 2.60. The van der Waals surface area contributed by atoms with Crippen LogP contribution in [0.5, 0.6) is 5.75 Å². The first-order chi connectivity index (χ1) is 11.9. The molecule has 1 aromatic rings. The quantitative estimate of drug-likeness (QED) is 0.554. The van der Waals surface area contributed by atoms with Crippen molar-refractivity contribution in [2.75, 3.05) is 6.61 Å². The van der Waals surface area contributed by atoms with Crippen molar-refractivity contribution in [3.05, 3.63) is 42.0 Å². The number of carbonyl (C=O) groups is 2. The first kappa shape index (κ1) is 18.8. The summed E-state index contributed by atoms with van der Waals surface area (Å²) >= 11 is 5.05. The maximum Gasteiger partial charge on any atom is 0.257 e. The summed E-state index contributed by atoms with van der Waals surface area (Å²) in [6.07, 6.45) is 2.95. The van der Waals surface area contributed by atoms with Crippen molar-refractivity contribution >= 4 is 34.6 Å². The minimum atomic E-state index is -0.724. The average molecular weight is 359 g/mol. The van der Waals surface area contributed by atoms with Crippen molar-refractivity contribution in [1.29, 1.82) is 5.41 Å². The van der Waals surface area contributed by atoms with Gasteiger partial charge in [0.05, 0.1) is 23.9 Å². The van der Waals surface area contributed by atoms with E-state index in [9.17, 15) is 9.59 Å². The van der Waals surface area contributed by atoms with Crippen LogP contribution in [0.2, 0.25) is 0 Å². The number of amides is 2. The Balaban J connectivity index is 2.27. The van der Waals surface area contributed by atoms with Gasteiger partial charge >= 0.3 is 0 Å². The van der Waals surface area contributed by atoms with Gasteiger partial charge in [0.15, 0.2) is 0 Å². The molecule has 4 N–H and O–H groups in total. The van der Waals surface area contributed by atoms with Gasteiger partial charge in [-0.15, -0.1) is 0 Å². The second-order valence-corrected chi connectivity index (χ2v) is 6.27. The lowest BCUT2D eigenvalue weighted by molar-refractivity contribution is -0.117. The monoisotopic (exact) mass is 359 g/mol. The lowest BCUT2D eigenvalue weighted by atomic mass is 10.0. The van der Waals surface area contributed by atoms with Gasteiger partial charge in [-0.2, -0.15) is 0 Å². The Hall–Kier alpha value is -2.54. The highest BCUT2D eigenvalue weighted by atomic mass is 32.1. The van der Waals surface area contributed by atoms with E-state index < -0.39 is 17.9 Å². The van der Waals surface area contributed by atoms with E-state index in [1.165, 1.54) is 0 Å². The number of thiocarbonyl (C=S) groups is 1. The molecule has 1 atom stereocenters. The van der Waals surface area contributed by atoms with Gasteiger partial charge in [0.1, 0.15) is 10.6 Å². The zero-order chi connectivity index (χ0) is 18.4. The highest BCUT2D eigenvalue weighted by Crippen LogP contribution is 2.18. The maximum absolute atomic E-state index is 12.4. The van der Waals surface area contributed by atoms with Gasteiger partial charge in [-0.1, -0.05) is 37.4 Å². The van der Waals surface area contributed by atoms with Crippen molar-refractivity contribution in [2.45, 2.75) is 31.7 Å². The standard InChI is InChI=1S/C18H21N3O3S/c1-11-15(19)12-6-5-7-13(10-12)24-9-4-2-3-8-14(21-18(11)23)16(25)17(20)22/h5-7,10,14,19H,1-4,8-9H2,(H2,20,22)(H,21,23)/t14-/m0/s1. The Morgan fingerprint density at radius 3 is 2.84 bits per heavy atom. The normalized spacial score (nSPS) is 19.4. The fraction of sp³-hybridized carbons (Fsp3) is 0.333. The van der Waals surface area contributed by atoms with Crippen molar-refractivity contribution in [2.24, 2.45) is 5.73 Å². The molecule has 0 aromatic heterocycles. The van der Waals surface area contributed by atoms with Crippen LogP contribution in [-0.4, -0.2) is 35.0 Å². The van der Waals surface area contributed by atoms with Crippen LogP contribution in [0.3, 0.4) is 0 Å². The van der Waals surface area contributed by atoms with Crippen molar-refractivity contribution in [3.8, 4) is 5.75 Å². The number of nitrogens with two attached hydrogens (primary N) is 1. The van der Waals surface area contributed by atoms with Crippen LogP contribution < -0.4 is 15.8 Å². The summed E-state index contributed by atoms with van der Waals surface area (Å²) in [5, 5.41) is 10.9. The third-order valence-corrected chi connectivity index (χ3v) is 4.45. The predicted octanol–water partition coefficient (Wildman–Crippen LogP) is 1.90. The zero-order valence-electron chi connectivity index (χ0n) is 13.8. The number of carbonyl (C=O) groups excluding carboxylic acids is 2. The third-order valence-electron chi connectivity index (χ3n) is 3.97. The summed E-state index contributed by atoms with van der Waals surface area (Å²) in [4.78, 5) is 23.8. The lowest BCUT2D eigenvalue weighted by Gasteiger charge is -2.20. The molecule has 0 saturated heterocycles. The van der Waals surface area contributed by atoms with E-state index in [2.05, 4.69) is 11.9 Å². The number of hydrogen-bond donors (Lipinski definition) is 3. The van der Waals surface area contributed by atoms with Gasteiger partial charge in [-0.05, 0) is 31.4 Å². The molecule has 25 heavy (non-hydrogen) atoms. The highest BCUT2D eigenvalue weighted by molar-refractivity contribution is 7.82. The van der Waals surface area contributed by atoms with E-state index in [0.29, 0.717) is 24.3 Å². The van der Waals surface area contributed by atoms with Gasteiger partial charge in [0.2, 0.25) is 0 Å². The topological polar surface area (TPSA) is 105 Å². The van der Waals surface area contributed by atoms with Gasteiger partial charge in [-0.3, -0.25) is 15.0 Å². The van der Waals surface area contributed by atoms with Gasteiger partial charge in [0.25, 0.3) is 11.8 Å². The largest absolute Gasteiger partial charge is 0.494 e. The van der Waals surface area contributed by atoms with Crippen LogP contribution in [0.25, 0.3) is 0 Å². The SMILES string of the molecule is C=C1C(=N)c2cccc(c2)OCCCCC[C@@H](C(=S)C(N)=O)NC1=O. The number of rotatable bonds is 2. The number of fused-ring (bicyclic) bond motifs is 2. The van der Waals surface area contributed by atoms with Crippen molar-refractivity contribution < 1.29 is 14.3 Å². The highest BCUT2D eigenvalue weighted by Gasteiger charge is 2.23. The van der Waals surface area contributed by atoms with Gasteiger partial charge < -0.3 is 15.8 Å². The molecule has 0 saturated carbocycles. The van der Waals surface area contributed by atoms with Crippen LogP contribution in [0.1, 0.15) is 31.2 Å². The maximum atomic E-state index is 12.4. The van der Waals surface area contributed by atoms with Crippen LogP contribution in [-0.2, 0) is 9.59 Å². The molecule has 2 rings (SSSR count). The molecule has 0 fully saturated rings. The Morgan fingerprint density at radius 2 is 2.12 bits per heavy atom. The van der Waals surface area contributed by atoms with Crippen molar-refractivity contribution in [3.63, 3.8) is 0 Å². The Bertz CT molecular complexity index is 730. The molecule has 2 bridgehead atoms. The summed E-state index contributed by atoms with van der Waals surface area (Å²) in [6.45, 7) is 4.25. The minimum Gasteiger partial charge on any atom is -0.494 e. The second kappa shape index (κ2) is 8.53. The molecule has 0 radical (unpaired) electrons. The molecule has 2 amide bonds. The summed E-state index contributed by atoms with van der Waals surface area (Å²) in [6, 6.07) is 6.36. The van der Waals surface area contributed by atoms with Crippen LogP contribution in [0, 0.1) is 5.41 Å². The first-order valence-electron chi connectivity index (χ1n) is 8.05. The predicted molar refractivity (Wildman–Crippen MR) is 100 cm³/mol. The molecule has 6 nitrogen and oxygen atoms in total. The smallest absolute Gasteiger partial charge is 0.257 e. The van der Waals surface area contributed by atoms with Crippen molar-refractivity contribution in [1.82, 2.24) is 5.32 Å². The summed E-state index contributed by atoms with van der Waals surface area (Å²) in [5.41, 5.74) is 5.77. The van der Waals surface area contributed by atoms with Gasteiger partial charge in [-0.25, -0.2) is 0 Å². The van der Waals surface area contributed by atoms with E-state index in [1.54, 1.807) is 18.2 Å².